The van der Waals surface area contributed by atoms with Gasteiger partial charge in [-0.15, -0.1) is 23.7 Å². The van der Waals surface area contributed by atoms with Crippen LogP contribution in [-0.2, 0) is 4.74 Å². The molecule has 0 unspecified atom stereocenters. The van der Waals surface area contributed by atoms with E-state index in [0.717, 1.165) is 6.54 Å². The number of rotatable bonds is 8. The van der Waals surface area contributed by atoms with Gasteiger partial charge in [0.1, 0.15) is 4.88 Å². The molecular formula is C14H20ClN5O2S. The van der Waals surface area contributed by atoms with Gasteiger partial charge in [-0.05, 0) is 13.0 Å². The van der Waals surface area contributed by atoms with Crippen LogP contribution in [-0.4, -0.2) is 54.2 Å². The van der Waals surface area contributed by atoms with Crippen molar-refractivity contribution in [2.45, 2.75) is 6.92 Å². The number of ether oxygens (including phenoxy) is 1. The number of hydrogen-bond donors (Lipinski definition) is 2. The summed E-state index contributed by atoms with van der Waals surface area (Å²) in [6.07, 6.45) is 3.31. The summed E-state index contributed by atoms with van der Waals surface area (Å²) in [7, 11) is 1.66. The molecule has 0 fully saturated rings. The molecule has 2 aromatic heterocycles. The molecule has 0 saturated carbocycles. The van der Waals surface area contributed by atoms with Gasteiger partial charge >= 0.3 is 0 Å². The van der Waals surface area contributed by atoms with E-state index in [2.05, 4.69) is 25.6 Å². The Labute approximate surface area is 145 Å². The lowest BCUT2D eigenvalue weighted by Gasteiger charge is -2.05. The normalized spacial score (nSPS) is 10.2. The molecule has 126 valence electrons. The fourth-order valence-corrected chi connectivity index (χ4v) is 2.69. The molecule has 9 heteroatoms. The molecule has 2 aromatic rings. The monoisotopic (exact) mass is 357 g/mol. The van der Waals surface area contributed by atoms with E-state index in [0.29, 0.717) is 41.1 Å². The van der Waals surface area contributed by atoms with Crippen molar-refractivity contribution < 1.29 is 9.53 Å². The van der Waals surface area contributed by atoms with Crippen LogP contribution < -0.4 is 10.6 Å². The van der Waals surface area contributed by atoms with Gasteiger partial charge < -0.3 is 15.4 Å². The van der Waals surface area contributed by atoms with Gasteiger partial charge in [0.25, 0.3) is 5.91 Å². The third-order valence-electron chi connectivity index (χ3n) is 2.83. The van der Waals surface area contributed by atoms with E-state index in [-0.39, 0.29) is 18.3 Å². The zero-order valence-electron chi connectivity index (χ0n) is 13.0. The van der Waals surface area contributed by atoms with Crippen molar-refractivity contribution in [3.63, 3.8) is 0 Å². The number of aromatic nitrogens is 3. The molecule has 0 aliphatic heterocycles. The van der Waals surface area contributed by atoms with E-state index in [9.17, 15) is 4.79 Å². The summed E-state index contributed by atoms with van der Waals surface area (Å²) in [6, 6.07) is 1.74. The average Bonchev–Trinajstić information content (AvgIpc) is 2.93. The van der Waals surface area contributed by atoms with E-state index in [1.807, 2.05) is 6.92 Å². The molecule has 1 amide bonds. The molecule has 23 heavy (non-hydrogen) atoms. The summed E-state index contributed by atoms with van der Waals surface area (Å²) >= 11 is 1.30. The second kappa shape index (κ2) is 10.2. The Hall–Kier alpha value is -1.61. The predicted octanol–water partition coefficient (Wildman–Crippen LogP) is 1.30. The fourth-order valence-electron chi connectivity index (χ4n) is 1.76. The SMILES string of the molecule is COCCNCCNC(=O)c1sc(-c2ncccn2)nc1C.Cl. The Morgan fingerprint density at radius 1 is 1.26 bits per heavy atom. The zero-order valence-corrected chi connectivity index (χ0v) is 14.7. The van der Waals surface area contributed by atoms with E-state index < -0.39 is 0 Å². The Balaban J connectivity index is 0.00000264. The van der Waals surface area contributed by atoms with Crippen molar-refractivity contribution in [2.75, 3.05) is 33.4 Å². The highest BCUT2D eigenvalue weighted by atomic mass is 35.5. The number of methoxy groups -OCH3 is 1. The van der Waals surface area contributed by atoms with Gasteiger partial charge in [-0.3, -0.25) is 4.79 Å². The molecule has 2 rings (SSSR count). The number of amides is 1. The fraction of sp³-hybridized carbons (Fsp3) is 0.429. The van der Waals surface area contributed by atoms with Crippen LogP contribution in [0, 0.1) is 6.92 Å². The number of hydrogen-bond acceptors (Lipinski definition) is 7. The second-order valence-corrected chi connectivity index (χ2v) is 5.50. The maximum absolute atomic E-state index is 12.2. The highest BCUT2D eigenvalue weighted by molar-refractivity contribution is 7.17. The largest absolute Gasteiger partial charge is 0.383 e. The van der Waals surface area contributed by atoms with E-state index in [4.69, 9.17) is 4.74 Å². The lowest BCUT2D eigenvalue weighted by atomic mass is 10.3. The van der Waals surface area contributed by atoms with E-state index in [1.165, 1.54) is 11.3 Å². The molecule has 0 bridgehead atoms. The van der Waals surface area contributed by atoms with Crippen molar-refractivity contribution >= 4 is 29.7 Å². The minimum absolute atomic E-state index is 0. The Bertz CT molecular complexity index is 608. The van der Waals surface area contributed by atoms with Crippen molar-refractivity contribution in [1.29, 1.82) is 0 Å². The number of carbonyl (C=O) groups is 1. The minimum atomic E-state index is -0.120. The standard InChI is InChI=1S/C14H19N5O2S.ClH/c1-10-11(13(20)18-7-6-15-8-9-21-2)22-14(19-10)12-16-4-3-5-17-12;/h3-5,15H,6-9H2,1-2H3,(H,18,20);1H. The summed E-state index contributed by atoms with van der Waals surface area (Å²) < 4.78 is 4.93. The third kappa shape index (κ3) is 5.83. The van der Waals surface area contributed by atoms with Gasteiger partial charge in [-0.25, -0.2) is 15.0 Å². The van der Waals surface area contributed by atoms with E-state index >= 15 is 0 Å². The summed E-state index contributed by atoms with van der Waals surface area (Å²) in [5.41, 5.74) is 0.692. The van der Waals surface area contributed by atoms with Crippen molar-refractivity contribution in [3.05, 3.63) is 29.0 Å². The van der Waals surface area contributed by atoms with Crippen LogP contribution in [0.4, 0.5) is 0 Å². The summed E-state index contributed by atoms with van der Waals surface area (Å²) in [5, 5.41) is 6.69. The van der Waals surface area contributed by atoms with Gasteiger partial charge in [0.2, 0.25) is 0 Å². The number of aryl methyl sites for hydroxylation is 1. The third-order valence-corrected chi connectivity index (χ3v) is 3.98. The molecule has 0 spiro atoms. The second-order valence-electron chi connectivity index (χ2n) is 4.50. The van der Waals surface area contributed by atoms with Crippen LogP contribution in [0.15, 0.2) is 18.5 Å². The lowest BCUT2D eigenvalue weighted by Crippen LogP contribution is -2.33. The Kier molecular flexibility index (Phi) is 8.64. The molecule has 2 N–H and O–H groups in total. The first kappa shape index (κ1) is 19.4. The van der Waals surface area contributed by atoms with Gasteiger partial charge in [-0.1, -0.05) is 0 Å². The molecule has 7 nitrogen and oxygen atoms in total. The highest BCUT2D eigenvalue weighted by Crippen LogP contribution is 2.24. The number of halogens is 1. The Morgan fingerprint density at radius 3 is 2.70 bits per heavy atom. The summed E-state index contributed by atoms with van der Waals surface area (Å²) in [5.74, 6) is 0.418. The van der Waals surface area contributed by atoms with Crippen LogP contribution in [0.2, 0.25) is 0 Å². The highest BCUT2D eigenvalue weighted by Gasteiger charge is 2.16. The Morgan fingerprint density at radius 2 is 2.00 bits per heavy atom. The topological polar surface area (TPSA) is 89.0 Å². The molecule has 0 radical (unpaired) electrons. The van der Waals surface area contributed by atoms with Crippen molar-refractivity contribution in [3.8, 4) is 10.8 Å². The molecule has 0 saturated heterocycles. The maximum atomic E-state index is 12.2. The molecule has 2 heterocycles. The van der Waals surface area contributed by atoms with Crippen LogP contribution in [0.1, 0.15) is 15.4 Å². The van der Waals surface area contributed by atoms with Gasteiger partial charge in [0.05, 0.1) is 12.3 Å². The van der Waals surface area contributed by atoms with Crippen LogP contribution in [0.3, 0.4) is 0 Å². The first-order valence-corrected chi connectivity index (χ1v) is 7.76. The lowest BCUT2D eigenvalue weighted by molar-refractivity contribution is 0.0957. The first-order valence-electron chi connectivity index (χ1n) is 6.95. The summed E-state index contributed by atoms with van der Waals surface area (Å²) in [4.78, 5) is 25.4. The van der Waals surface area contributed by atoms with Crippen molar-refractivity contribution in [1.82, 2.24) is 25.6 Å². The molecule has 0 aliphatic carbocycles. The molecular weight excluding hydrogens is 338 g/mol. The van der Waals surface area contributed by atoms with Gasteiger partial charge in [-0.2, -0.15) is 0 Å². The number of nitrogens with zero attached hydrogens (tertiary/aromatic N) is 3. The number of carbonyl (C=O) groups excluding carboxylic acids is 1. The summed E-state index contributed by atoms with van der Waals surface area (Å²) in [6.45, 7) is 4.48. The molecule has 0 aliphatic rings. The number of thiazole rings is 1. The van der Waals surface area contributed by atoms with Crippen LogP contribution >= 0.6 is 23.7 Å². The van der Waals surface area contributed by atoms with Crippen molar-refractivity contribution in [2.24, 2.45) is 0 Å². The smallest absolute Gasteiger partial charge is 0.263 e. The maximum Gasteiger partial charge on any atom is 0.263 e. The van der Waals surface area contributed by atoms with Gasteiger partial charge in [0.15, 0.2) is 10.8 Å². The minimum Gasteiger partial charge on any atom is -0.383 e. The quantitative estimate of drug-likeness (QED) is 0.692. The molecule has 0 aromatic carbocycles. The average molecular weight is 358 g/mol. The zero-order chi connectivity index (χ0) is 15.8. The van der Waals surface area contributed by atoms with Gasteiger partial charge in [0, 0.05) is 39.1 Å². The van der Waals surface area contributed by atoms with E-state index in [1.54, 1.807) is 25.6 Å². The predicted molar refractivity (Wildman–Crippen MR) is 92.2 cm³/mol. The van der Waals surface area contributed by atoms with Crippen LogP contribution in [0.25, 0.3) is 10.8 Å². The first-order chi connectivity index (χ1) is 10.7. The number of nitrogens with one attached hydrogen (secondary N) is 2. The molecule has 0 atom stereocenters. The van der Waals surface area contributed by atoms with Crippen LogP contribution in [0.5, 0.6) is 0 Å².